The first-order valence-corrected chi connectivity index (χ1v) is 21.7. The number of benzene rings is 6. The second-order valence-corrected chi connectivity index (χ2v) is 18.2. The summed E-state index contributed by atoms with van der Waals surface area (Å²) in [6.45, 7) is 0.885. The van der Waals surface area contributed by atoms with Crippen molar-refractivity contribution in [2.45, 2.75) is 65.6 Å². The van der Waals surface area contributed by atoms with Crippen LogP contribution in [-0.4, -0.2) is 21.5 Å². The molecule has 0 fully saturated rings. The second kappa shape index (κ2) is 19.2. The van der Waals surface area contributed by atoms with Crippen molar-refractivity contribution in [2.24, 2.45) is 0 Å². The Labute approximate surface area is 328 Å². The zero-order chi connectivity index (χ0) is 38.4. The molecule has 0 aliphatic heterocycles. The van der Waals surface area contributed by atoms with Crippen LogP contribution in [0.4, 0.5) is 0 Å². The molecule has 0 aromatic heterocycles. The summed E-state index contributed by atoms with van der Waals surface area (Å²) >= 11 is 0. The predicted molar refractivity (Wildman–Crippen MR) is 231 cm³/mol. The van der Waals surface area contributed by atoms with E-state index in [-0.39, 0.29) is 0 Å². The Morgan fingerprint density at radius 3 is 1.09 bits per heavy atom. The molecular formula is C48H54BO5P. The van der Waals surface area contributed by atoms with Gasteiger partial charge in [-0.15, -0.1) is 0 Å². The summed E-state index contributed by atoms with van der Waals surface area (Å²) in [5.74, 6) is 1.67. The van der Waals surface area contributed by atoms with Crippen LogP contribution in [0.2, 0.25) is 0 Å². The van der Waals surface area contributed by atoms with Gasteiger partial charge in [0.2, 0.25) is 0 Å². The van der Waals surface area contributed by atoms with Gasteiger partial charge in [-0.3, -0.25) is 0 Å². The van der Waals surface area contributed by atoms with Crippen LogP contribution in [0.15, 0.2) is 158 Å². The molecule has 0 aliphatic carbocycles. The van der Waals surface area contributed by atoms with E-state index in [1.165, 1.54) is 11.1 Å². The van der Waals surface area contributed by atoms with Crippen molar-refractivity contribution in [1.29, 1.82) is 0 Å². The molecule has 284 valence electrons. The first-order chi connectivity index (χ1) is 27.1. The monoisotopic (exact) mass is 752 g/mol. The van der Waals surface area contributed by atoms with Gasteiger partial charge < -0.3 is 0 Å². The van der Waals surface area contributed by atoms with E-state index in [1.54, 1.807) is 14.2 Å². The molecule has 5 nitrogen and oxygen atoms in total. The third-order valence-corrected chi connectivity index (χ3v) is 16.2. The minimum atomic E-state index is -4.12. The maximum atomic E-state index is 7.98. The zero-order valence-corrected chi connectivity index (χ0v) is 33.6. The molecule has 0 N–H and O–H groups in total. The van der Waals surface area contributed by atoms with Gasteiger partial charge in [-0.1, -0.05) is 0 Å². The number of hydrogen-bond donors (Lipinski definition) is 0. The van der Waals surface area contributed by atoms with Crippen molar-refractivity contribution >= 4 is 35.4 Å². The van der Waals surface area contributed by atoms with Crippen LogP contribution in [-0.2, 0) is 39.8 Å². The van der Waals surface area contributed by atoms with Gasteiger partial charge in [-0.2, -0.15) is 0 Å². The van der Waals surface area contributed by atoms with Gasteiger partial charge in [-0.25, -0.2) is 0 Å². The van der Waals surface area contributed by atoms with Crippen molar-refractivity contribution in [3.63, 3.8) is 0 Å². The van der Waals surface area contributed by atoms with Crippen molar-refractivity contribution < 1.29 is 23.2 Å². The van der Waals surface area contributed by atoms with E-state index >= 15 is 0 Å². The fourth-order valence-electron chi connectivity index (χ4n) is 7.52. The molecule has 6 aromatic rings. The summed E-state index contributed by atoms with van der Waals surface area (Å²) in [5.41, 5.74) is 4.57. The standard InChI is InChI=1S/C48H54BO5P/c1-5-7-21-39-35-43(50-3)33-31-41(39)37-52-49(53-38-42-32-34-44(51-4)36-40(42)22-8-6-2)54-55(45-23-13-9-14-24-45,46-25-15-10-16-26-46,47-27-17-11-18-28-47)48-29-19-12-20-30-48/h9-20,23-36H,5-8,21-22,37-38H2,1-4H3. The van der Waals surface area contributed by atoms with Crippen molar-refractivity contribution in [3.8, 4) is 11.5 Å². The topological polar surface area (TPSA) is 46.2 Å². The Balaban J connectivity index is 1.56. The molecule has 0 amide bonds. The third-order valence-electron chi connectivity index (χ3n) is 10.5. The van der Waals surface area contributed by atoms with Crippen LogP contribution in [0.25, 0.3) is 0 Å². The van der Waals surface area contributed by atoms with Gasteiger partial charge in [0, 0.05) is 0 Å². The van der Waals surface area contributed by atoms with Crippen molar-refractivity contribution in [2.75, 3.05) is 14.2 Å². The molecule has 6 aromatic carbocycles. The van der Waals surface area contributed by atoms with E-state index in [4.69, 9.17) is 23.2 Å². The van der Waals surface area contributed by atoms with Gasteiger partial charge in [0.05, 0.1) is 0 Å². The maximum absolute atomic E-state index is 7.98. The molecule has 0 unspecified atom stereocenters. The average molecular weight is 753 g/mol. The van der Waals surface area contributed by atoms with Crippen LogP contribution >= 0.6 is 6.83 Å². The Hall–Kier alpha value is -4.71. The summed E-state index contributed by atoms with van der Waals surface area (Å²) in [6.07, 6.45) is 6.15. The molecule has 0 atom stereocenters. The number of unbranched alkanes of at least 4 members (excludes halogenated alkanes) is 2. The van der Waals surface area contributed by atoms with Crippen LogP contribution in [0.5, 0.6) is 11.5 Å². The minimum absolute atomic E-state index is 0.290. The van der Waals surface area contributed by atoms with Crippen LogP contribution in [0.3, 0.4) is 0 Å². The van der Waals surface area contributed by atoms with Gasteiger partial charge in [0.15, 0.2) is 0 Å². The number of methoxy groups -OCH3 is 2. The molecule has 0 saturated heterocycles. The molecule has 7 heteroatoms. The number of hydrogen-bond acceptors (Lipinski definition) is 5. The van der Waals surface area contributed by atoms with E-state index in [0.29, 0.717) is 13.2 Å². The number of rotatable bonds is 20. The quantitative estimate of drug-likeness (QED) is 0.0574. The summed E-state index contributed by atoms with van der Waals surface area (Å²) in [7, 11) is 2.34. The van der Waals surface area contributed by atoms with Crippen molar-refractivity contribution in [1.82, 2.24) is 0 Å². The Morgan fingerprint density at radius 1 is 0.436 bits per heavy atom. The van der Waals surface area contributed by atoms with Crippen LogP contribution in [0.1, 0.15) is 61.8 Å². The van der Waals surface area contributed by atoms with E-state index < -0.39 is 14.2 Å². The fourth-order valence-corrected chi connectivity index (χ4v) is 13.2. The SMILES string of the molecule is CCCCc1cc(OC)ccc1COB(OCc1ccc(OC)cc1CCCC)OP(c1ccccc1)(c1ccccc1)(c1ccccc1)c1ccccc1. The van der Waals surface area contributed by atoms with E-state index in [1.807, 2.05) is 12.1 Å². The number of aryl methyl sites for hydroxylation is 2. The summed E-state index contributed by atoms with van der Waals surface area (Å²) in [5, 5.41) is 4.21. The summed E-state index contributed by atoms with van der Waals surface area (Å²) in [4.78, 5) is 0. The normalized spacial score (nSPS) is 12.1. The summed E-state index contributed by atoms with van der Waals surface area (Å²) < 4.78 is 33.3. The molecular weight excluding hydrogens is 698 g/mol. The Kier molecular flexibility index (Phi) is 14.0. The molecule has 6 rings (SSSR count). The first kappa shape index (κ1) is 40.0. The predicted octanol–water partition coefficient (Wildman–Crippen LogP) is 9.89. The Morgan fingerprint density at radius 2 is 0.782 bits per heavy atom. The molecule has 0 aliphatic rings. The zero-order valence-electron chi connectivity index (χ0n) is 32.7. The second-order valence-electron chi connectivity index (χ2n) is 13.9. The van der Waals surface area contributed by atoms with Gasteiger partial charge in [0.1, 0.15) is 0 Å². The van der Waals surface area contributed by atoms with Gasteiger partial charge >= 0.3 is 330 Å². The fraction of sp³-hybridized carbons (Fsp3) is 0.250. The van der Waals surface area contributed by atoms with E-state index in [9.17, 15) is 0 Å². The molecule has 0 heterocycles. The van der Waals surface area contributed by atoms with Crippen molar-refractivity contribution in [3.05, 3.63) is 180 Å². The third kappa shape index (κ3) is 8.59. The average Bonchev–Trinajstić information content (AvgIpc) is 3.26. The van der Waals surface area contributed by atoms with Crippen LogP contribution < -0.4 is 30.7 Å². The van der Waals surface area contributed by atoms with Gasteiger partial charge in [0.25, 0.3) is 0 Å². The number of ether oxygens (including phenoxy) is 2. The first-order valence-electron chi connectivity index (χ1n) is 19.5. The van der Waals surface area contributed by atoms with Crippen LogP contribution in [0, 0.1) is 0 Å². The molecule has 55 heavy (non-hydrogen) atoms. The Bertz CT molecular complexity index is 1830. The summed E-state index contributed by atoms with van der Waals surface area (Å²) in [6, 6.07) is 55.1. The molecule has 0 bridgehead atoms. The van der Waals surface area contributed by atoms with E-state index in [0.717, 1.165) is 82.4 Å². The molecule has 0 spiro atoms. The van der Waals surface area contributed by atoms with E-state index in [2.05, 4.69) is 159 Å². The van der Waals surface area contributed by atoms with Gasteiger partial charge in [-0.05, 0) is 0 Å². The molecule has 0 saturated carbocycles. The molecule has 0 radical (unpaired) electrons.